The molecule has 3 heterocycles. The summed E-state index contributed by atoms with van der Waals surface area (Å²) in [5.41, 5.74) is 0.963. The van der Waals surface area contributed by atoms with Crippen molar-refractivity contribution in [3.63, 3.8) is 0 Å². The van der Waals surface area contributed by atoms with Crippen LogP contribution in [0.15, 0.2) is 6.07 Å². The molecule has 1 saturated heterocycles. The van der Waals surface area contributed by atoms with Crippen molar-refractivity contribution in [1.82, 2.24) is 14.7 Å². The second kappa shape index (κ2) is 5.18. The van der Waals surface area contributed by atoms with Crippen LogP contribution in [0.5, 0.6) is 0 Å². The summed E-state index contributed by atoms with van der Waals surface area (Å²) in [5.74, 6) is 0.314. The summed E-state index contributed by atoms with van der Waals surface area (Å²) in [4.78, 5) is 16.3. The van der Waals surface area contributed by atoms with Gasteiger partial charge in [0.2, 0.25) is 0 Å². The summed E-state index contributed by atoms with van der Waals surface area (Å²) in [7, 11) is 1.91. The second-order valence-electron chi connectivity index (χ2n) is 5.48. The molecule has 0 radical (unpaired) electrons. The monoisotopic (exact) mass is 293 g/mol. The molecule has 1 aliphatic heterocycles. The van der Waals surface area contributed by atoms with E-state index < -0.39 is 0 Å². The van der Waals surface area contributed by atoms with Crippen LogP contribution in [0.4, 0.5) is 0 Å². The Labute approximate surface area is 121 Å². The molecule has 20 heavy (non-hydrogen) atoms. The van der Waals surface area contributed by atoms with E-state index in [-0.39, 0.29) is 18.4 Å². The van der Waals surface area contributed by atoms with E-state index in [1.165, 1.54) is 11.3 Å². The molecule has 1 aliphatic rings. The second-order valence-corrected chi connectivity index (χ2v) is 6.51. The first-order valence-corrected chi connectivity index (χ1v) is 7.75. The van der Waals surface area contributed by atoms with Crippen molar-refractivity contribution in [2.45, 2.75) is 19.8 Å². The zero-order chi connectivity index (χ0) is 14.3. The first kappa shape index (κ1) is 13.6. The third-order valence-electron chi connectivity index (χ3n) is 3.97. The maximum atomic E-state index is 12.6. The van der Waals surface area contributed by atoms with Crippen LogP contribution in [0.2, 0.25) is 0 Å². The SMILES string of the molecule is Cc1nn(C)c2sc(C(=O)N3CCCC(CO)C3)cc12. The van der Waals surface area contributed by atoms with Gasteiger partial charge in [-0.05, 0) is 31.7 Å². The number of aryl methyl sites for hydroxylation is 2. The highest BCUT2D eigenvalue weighted by atomic mass is 32.1. The van der Waals surface area contributed by atoms with Crippen LogP contribution in [-0.2, 0) is 7.05 Å². The Hall–Kier alpha value is -1.40. The van der Waals surface area contributed by atoms with E-state index in [1.54, 1.807) is 0 Å². The van der Waals surface area contributed by atoms with Crippen molar-refractivity contribution < 1.29 is 9.90 Å². The molecule has 0 aliphatic carbocycles. The normalized spacial score (nSPS) is 19.8. The Balaban J connectivity index is 1.86. The molecule has 0 aromatic carbocycles. The fourth-order valence-corrected chi connectivity index (χ4v) is 3.96. The van der Waals surface area contributed by atoms with Gasteiger partial charge in [0.25, 0.3) is 5.91 Å². The van der Waals surface area contributed by atoms with Crippen molar-refractivity contribution >= 4 is 27.5 Å². The number of rotatable bonds is 2. The highest BCUT2D eigenvalue weighted by Gasteiger charge is 2.25. The first-order valence-electron chi connectivity index (χ1n) is 6.93. The van der Waals surface area contributed by atoms with Gasteiger partial charge in [-0.1, -0.05) is 0 Å². The third kappa shape index (κ3) is 2.23. The molecule has 3 rings (SSSR count). The number of hydrogen-bond acceptors (Lipinski definition) is 4. The standard InChI is InChI=1S/C14H19N3O2S/c1-9-11-6-12(20-14(11)16(2)15-9)13(19)17-5-3-4-10(7-17)8-18/h6,10,18H,3-5,7-8H2,1-2H3. The maximum absolute atomic E-state index is 12.6. The Morgan fingerprint density at radius 2 is 2.40 bits per heavy atom. The van der Waals surface area contributed by atoms with Crippen LogP contribution in [0.3, 0.4) is 0 Å². The lowest BCUT2D eigenvalue weighted by Gasteiger charge is -2.31. The molecular weight excluding hydrogens is 274 g/mol. The summed E-state index contributed by atoms with van der Waals surface area (Å²) >= 11 is 1.50. The minimum atomic E-state index is 0.0868. The van der Waals surface area contributed by atoms with Crippen molar-refractivity contribution in [3.8, 4) is 0 Å². The van der Waals surface area contributed by atoms with E-state index >= 15 is 0 Å². The van der Waals surface area contributed by atoms with Crippen LogP contribution in [0.1, 0.15) is 28.2 Å². The van der Waals surface area contributed by atoms with Crippen molar-refractivity contribution in [3.05, 3.63) is 16.6 Å². The van der Waals surface area contributed by atoms with Crippen LogP contribution in [0.25, 0.3) is 10.2 Å². The molecule has 2 aromatic heterocycles. The number of thiophene rings is 1. The third-order valence-corrected chi connectivity index (χ3v) is 5.16. The summed E-state index contributed by atoms with van der Waals surface area (Å²) in [6, 6.07) is 1.95. The number of aliphatic hydroxyl groups excluding tert-OH is 1. The van der Waals surface area contributed by atoms with Crippen molar-refractivity contribution in [2.75, 3.05) is 19.7 Å². The van der Waals surface area contributed by atoms with Gasteiger partial charge >= 0.3 is 0 Å². The van der Waals surface area contributed by atoms with E-state index in [1.807, 2.05) is 29.6 Å². The molecule has 6 heteroatoms. The average Bonchev–Trinajstić information content (AvgIpc) is 3.01. The topological polar surface area (TPSA) is 58.4 Å². The highest BCUT2D eigenvalue weighted by molar-refractivity contribution is 7.20. The lowest BCUT2D eigenvalue weighted by Crippen LogP contribution is -2.40. The maximum Gasteiger partial charge on any atom is 0.264 e. The molecule has 1 N–H and O–H groups in total. The molecule has 1 unspecified atom stereocenters. The summed E-state index contributed by atoms with van der Waals surface area (Å²) in [5, 5.41) is 14.7. The molecule has 108 valence electrons. The molecule has 1 fully saturated rings. The fourth-order valence-electron chi connectivity index (χ4n) is 2.87. The Bertz CT molecular complexity index is 612. The van der Waals surface area contributed by atoms with E-state index in [0.717, 1.165) is 40.2 Å². The van der Waals surface area contributed by atoms with Gasteiger partial charge in [-0.25, -0.2) is 0 Å². The molecule has 2 aromatic rings. The Morgan fingerprint density at radius 1 is 1.60 bits per heavy atom. The number of amides is 1. The highest BCUT2D eigenvalue weighted by Crippen LogP contribution is 2.29. The predicted molar refractivity (Wildman–Crippen MR) is 79.0 cm³/mol. The van der Waals surface area contributed by atoms with Crippen molar-refractivity contribution in [2.24, 2.45) is 13.0 Å². The number of aliphatic hydroxyl groups is 1. The number of hydrogen-bond donors (Lipinski definition) is 1. The minimum Gasteiger partial charge on any atom is -0.396 e. The molecule has 0 saturated carbocycles. The molecular formula is C14H19N3O2S. The Kier molecular flexibility index (Phi) is 3.52. The van der Waals surface area contributed by atoms with E-state index in [0.29, 0.717) is 6.54 Å². The van der Waals surface area contributed by atoms with Gasteiger partial charge in [-0.2, -0.15) is 5.10 Å². The molecule has 5 nitrogen and oxygen atoms in total. The first-order chi connectivity index (χ1) is 9.60. The summed E-state index contributed by atoms with van der Waals surface area (Å²) in [6.07, 6.45) is 1.98. The van der Waals surface area contributed by atoms with Gasteiger partial charge in [-0.3, -0.25) is 9.48 Å². The minimum absolute atomic E-state index is 0.0868. The van der Waals surface area contributed by atoms with Crippen molar-refractivity contribution in [1.29, 1.82) is 0 Å². The van der Waals surface area contributed by atoms with Gasteiger partial charge in [0.15, 0.2) is 0 Å². The number of carbonyl (C=O) groups excluding carboxylic acids is 1. The number of nitrogens with zero attached hydrogens (tertiary/aromatic N) is 3. The Morgan fingerprint density at radius 3 is 3.10 bits per heavy atom. The van der Waals surface area contributed by atoms with Crippen LogP contribution in [-0.4, -0.2) is 45.4 Å². The number of piperidine rings is 1. The lowest BCUT2D eigenvalue weighted by atomic mass is 9.99. The molecule has 1 atom stereocenters. The number of likely N-dealkylation sites (tertiary alicyclic amines) is 1. The molecule has 0 bridgehead atoms. The van der Waals surface area contributed by atoms with E-state index in [2.05, 4.69) is 5.10 Å². The van der Waals surface area contributed by atoms with Gasteiger partial charge in [0.1, 0.15) is 4.83 Å². The van der Waals surface area contributed by atoms with Gasteiger partial charge in [-0.15, -0.1) is 11.3 Å². The molecule has 1 amide bonds. The summed E-state index contributed by atoms with van der Waals surface area (Å²) < 4.78 is 1.83. The van der Waals surface area contributed by atoms with E-state index in [4.69, 9.17) is 0 Å². The van der Waals surface area contributed by atoms with Crippen LogP contribution >= 0.6 is 11.3 Å². The number of carbonyl (C=O) groups is 1. The quantitative estimate of drug-likeness (QED) is 0.918. The average molecular weight is 293 g/mol. The predicted octanol–water partition coefficient (Wildman–Crippen LogP) is 1.79. The number of fused-ring (bicyclic) bond motifs is 1. The van der Waals surface area contributed by atoms with Gasteiger partial charge < -0.3 is 10.0 Å². The van der Waals surface area contributed by atoms with Gasteiger partial charge in [0.05, 0.1) is 10.6 Å². The summed E-state index contributed by atoms with van der Waals surface area (Å²) in [6.45, 7) is 3.59. The van der Waals surface area contributed by atoms with E-state index in [9.17, 15) is 9.90 Å². The molecule has 0 spiro atoms. The zero-order valence-corrected chi connectivity index (χ0v) is 12.6. The lowest BCUT2D eigenvalue weighted by molar-refractivity contribution is 0.0625. The smallest absolute Gasteiger partial charge is 0.264 e. The van der Waals surface area contributed by atoms with Crippen LogP contribution < -0.4 is 0 Å². The number of aromatic nitrogens is 2. The largest absolute Gasteiger partial charge is 0.396 e. The van der Waals surface area contributed by atoms with Crippen LogP contribution in [0, 0.1) is 12.8 Å². The van der Waals surface area contributed by atoms with Gasteiger partial charge in [0, 0.05) is 32.1 Å². The fraction of sp³-hybridized carbons (Fsp3) is 0.571. The zero-order valence-electron chi connectivity index (χ0n) is 11.8.